The van der Waals surface area contributed by atoms with Crippen molar-refractivity contribution >= 4 is 17.5 Å². The first kappa shape index (κ1) is 15.7. The maximum atomic E-state index is 12.8. The van der Waals surface area contributed by atoms with Crippen LogP contribution >= 0.6 is 0 Å². The van der Waals surface area contributed by atoms with Gasteiger partial charge in [-0.3, -0.25) is 9.59 Å². The number of anilines is 1. The Hall–Kier alpha value is -2.82. The Morgan fingerprint density at radius 2 is 1.96 bits per heavy atom. The minimum Gasteiger partial charge on any atom is -0.494 e. The lowest BCUT2D eigenvalue weighted by atomic mass is 9.81. The number of nitrogens with one attached hydrogen (secondary N) is 1. The lowest BCUT2D eigenvalue weighted by Gasteiger charge is -2.22. The van der Waals surface area contributed by atoms with Gasteiger partial charge in [-0.2, -0.15) is 0 Å². The summed E-state index contributed by atoms with van der Waals surface area (Å²) in [7, 11) is 0. The molecule has 0 radical (unpaired) electrons. The van der Waals surface area contributed by atoms with Gasteiger partial charge in [-0.05, 0) is 49.2 Å². The fraction of sp³-hybridized carbons (Fsp3) is 0.300. The standard InChI is InChI=1S/C20H20N2O3/c1-2-25-15-9-7-14(8-10-15)18(23)22-12-11-20(13-22)16-5-3-4-6-17(16)21-19(20)24/h3-10H,2,11-13H2,1H3,(H,21,24). The molecule has 2 heterocycles. The van der Waals surface area contributed by atoms with Gasteiger partial charge in [0, 0.05) is 24.3 Å². The summed E-state index contributed by atoms with van der Waals surface area (Å²) in [5.74, 6) is 0.703. The molecule has 0 bridgehead atoms. The summed E-state index contributed by atoms with van der Waals surface area (Å²) in [6.07, 6.45) is 0.651. The third-order valence-corrected chi connectivity index (χ3v) is 5.09. The van der Waals surface area contributed by atoms with Crippen molar-refractivity contribution in [2.24, 2.45) is 0 Å². The van der Waals surface area contributed by atoms with Crippen LogP contribution in [0, 0.1) is 0 Å². The van der Waals surface area contributed by atoms with Crippen molar-refractivity contribution in [3.05, 3.63) is 59.7 Å². The summed E-state index contributed by atoms with van der Waals surface area (Å²) >= 11 is 0. The van der Waals surface area contributed by atoms with E-state index in [0.29, 0.717) is 31.7 Å². The molecule has 1 spiro atoms. The number of para-hydroxylation sites is 1. The highest BCUT2D eigenvalue weighted by atomic mass is 16.5. The second-order valence-corrected chi connectivity index (χ2v) is 6.52. The number of hydrogen-bond acceptors (Lipinski definition) is 3. The van der Waals surface area contributed by atoms with Crippen molar-refractivity contribution in [3.63, 3.8) is 0 Å². The minimum absolute atomic E-state index is 0.00399. The molecule has 0 saturated carbocycles. The summed E-state index contributed by atoms with van der Waals surface area (Å²) < 4.78 is 5.42. The molecule has 128 valence electrons. The van der Waals surface area contributed by atoms with E-state index in [4.69, 9.17) is 4.74 Å². The van der Waals surface area contributed by atoms with Crippen molar-refractivity contribution in [1.82, 2.24) is 4.90 Å². The Labute approximate surface area is 146 Å². The van der Waals surface area contributed by atoms with Gasteiger partial charge in [0.05, 0.1) is 12.0 Å². The van der Waals surface area contributed by atoms with E-state index in [-0.39, 0.29) is 11.8 Å². The molecule has 1 atom stereocenters. The van der Waals surface area contributed by atoms with Crippen LogP contribution in [0.15, 0.2) is 48.5 Å². The van der Waals surface area contributed by atoms with Crippen LogP contribution < -0.4 is 10.1 Å². The third-order valence-electron chi connectivity index (χ3n) is 5.09. The SMILES string of the molecule is CCOc1ccc(C(=O)N2CCC3(C2)C(=O)Nc2ccccc23)cc1. The number of amides is 2. The summed E-state index contributed by atoms with van der Waals surface area (Å²) in [6, 6.07) is 14.9. The number of fused-ring (bicyclic) bond motifs is 2. The maximum absolute atomic E-state index is 12.8. The van der Waals surface area contributed by atoms with E-state index in [9.17, 15) is 9.59 Å². The van der Waals surface area contributed by atoms with Crippen LogP contribution in [0.25, 0.3) is 0 Å². The molecule has 2 aliphatic rings. The van der Waals surface area contributed by atoms with E-state index in [2.05, 4.69) is 5.32 Å². The molecule has 5 heteroatoms. The van der Waals surface area contributed by atoms with Gasteiger partial charge in [-0.15, -0.1) is 0 Å². The van der Waals surface area contributed by atoms with Gasteiger partial charge in [-0.25, -0.2) is 0 Å². The minimum atomic E-state index is -0.614. The highest BCUT2D eigenvalue weighted by molar-refractivity contribution is 6.07. The largest absolute Gasteiger partial charge is 0.494 e. The average Bonchev–Trinajstić information content (AvgIpc) is 3.19. The Morgan fingerprint density at radius 1 is 1.20 bits per heavy atom. The molecule has 0 aliphatic carbocycles. The van der Waals surface area contributed by atoms with Crippen LogP contribution in [-0.2, 0) is 10.2 Å². The number of hydrogen-bond donors (Lipinski definition) is 1. The quantitative estimate of drug-likeness (QED) is 0.938. The predicted octanol–water partition coefficient (Wildman–Crippen LogP) is 2.82. The number of benzene rings is 2. The van der Waals surface area contributed by atoms with Gasteiger partial charge in [0.1, 0.15) is 5.75 Å². The lowest BCUT2D eigenvalue weighted by molar-refractivity contribution is -0.120. The highest BCUT2D eigenvalue weighted by Crippen LogP contribution is 2.44. The molecule has 2 aromatic rings. The van der Waals surface area contributed by atoms with Crippen LogP contribution in [0.2, 0.25) is 0 Å². The maximum Gasteiger partial charge on any atom is 0.253 e. The molecule has 1 saturated heterocycles. The van der Waals surface area contributed by atoms with Crippen molar-refractivity contribution in [3.8, 4) is 5.75 Å². The number of rotatable bonds is 3. The first-order valence-corrected chi connectivity index (χ1v) is 8.57. The second kappa shape index (κ2) is 5.92. The summed E-state index contributed by atoms with van der Waals surface area (Å²) in [5.41, 5.74) is 1.87. The second-order valence-electron chi connectivity index (χ2n) is 6.52. The molecule has 2 aliphatic heterocycles. The topological polar surface area (TPSA) is 58.6 Å². The molecular formula is C20H20N2O3. The van der Waals surface area contributed by atoms with E-state index in [1.165, 1.54) is 0 Å². The zero-order chi connectivity index (χ0) is 17.4. The summed E-state index contributed by atoms with van der Waals surface area (Å²) in [5, 5.41) is 2.96. The van der Waals surface area contributed by atoms with Crippen molar-refractivity contribution in [2.75, 3.05) is 25.0 Å². The third kappa shape index (κ3) is 2.47. The molecule has 2 amide bonds. The van der Waals surface area contributed by atoms with E-state index >= 15 is 0 Å². The van der Waals surface area contributed by atoms with Crippen LogP contribution in [-0.4, -0.2) is 36.4 Å². The average molecular weight is 336 g/mol. The molecule has 0 aromatic heterocycles. The Morgan fingerprint density at radius 3 is 2.72 bits per heavy atom. The monoisotopic (exact) mass is 336 g/mol. The fourth-order valence-corrected chi connectivity index (χ4v) is 3.80. The first-order valence-electron chi connectivity index (χ1n) is 8.57. The number of likely N-dealkylation sites (tertiary alicyclic amines) is 1. The van der Waals surface area contributed by atoms with E-state index < -0.39 is 5.41 Å². The normalized spacial score (nSPS) is 21.3. The van der Waals surface area contributed by atoms with Gasteiger partial charge in [0.2, 0.25) is 5.91 Å². The molecule has 4 rings (SSSR count). The zero-order valence-corrected chi connectivity index (χ0v) is 14.1. The molecule has 5 nitrogen and oxygen atoms in total. The van der Waals surface area contributed by atoms with Crippen molar-refractivity contribution < 1.29 is 14.3 Å². The Balaban J connectivity index is 1.56. The summed E-state index contributed by atoms with van der Waals surface area (Å²) in [4.78, 5) is 27.2. The smallest absolute Gasteiger partial charge is 0.253 e. The van der Waals surface area contributed by atoms with E-state index in [0.717, 1.165) is 17.0 Å². The number of ether oxygens (including phenoxy) is 1. The van der Waals surface area contributed by atoms with Gasteiger partial charge in [0.25, 0.3) is 5.91 Å². The van der Waals surface area contributed by atoms with Crippen molar-refractivity contribution in [2.45, 2.75) is 18.8 Å². The number of carbonyl (C=O) groups is 2. The van der Waals surface area contributed by atoms with E-state index in [1.807, 2.05) is 31.2 Å². The molecule has 1 unspecified atom stereocenters. The lowest BCUT2D eigenvalue weighted by Crippen LogP contribution is -2.39. The van der Waals surface area contributed by atoms with Gasteiger partial charge in [0.15, 0.2) is 0 Å². The van der Waals surface area contributed by atoms with Crippen LogP contribution in [0.5, 0.6) is 5.75 Å². The molecule has 25 heavy (non-hydrogen) atoms. The van der Waals surface area contributed by atoms with Crippen LogP contribution in [0.4, 0.5) is 5.69 Å². The Kier molecular flexibility index (Phi) is 3.71. The molecule has 1 N–H and O–H groups in total. The van der Waals surface area contributed by atoms with Crippen LogP contribution in [0.3, 0.4) is 0 Å². The fourth-order valence-electron chi connectivity index (χ4n) is 3.80. The van der Waals surface area contributed by atoms with E-state index in [1.54, 1.807) is 29.2 Å². The Bertz CT molecular complexity index is 831. The van der Waals surface area contributed by atoms with Gasteiger partial charge >= 0.3 is 0 Å². The zero-order valence-electron chi connectivity index (χ0n) is 14.1. The van der Waals surface area contributed by atoms with Crippen LogP contribution in [0.1, 0.15) is 29.3 Å². The molecule has 1 fully saturated rings. The number of nitrogens with zero attached hydrogens (tertiary/aromatic N) is 1. The first-order chi connectivity index (χ1) is 12.1. The molecule has 2 aromatic carbocycles. The summed E-state index contributed by atoms with van der Waals surface area (Å²) in [6.45, 7) is 3.51. The van der Waals surface area contributed by atoms with Gasteiger partial charge < -0.3 is 15.0 Å². The van der Waals surface area contributed by atoms with Crippen molar-refractivity contribution in [1.29, 1.82) is 0 Å². The van der Waals surface area contributed by atoms with Gasteiger partial charge in [-0.1, -0.05) is 18.2 Å². The molecular weight excluding hydrogens is 316 g/mol. The number of carbonyl (C=O) groups excluding carboxylic acids is 2. The predicted molar refractivity (Wildman–Crippen MR) is 94.9 cm³/mol. The highest BCUT2D eigenvalue weighted by Gasteiger charge is 2.51.